The second kappa shape index (κ2) is 5.27. The number of carbonyl (C=O) groups is 1. The van der Waals surface area contributed by atoms with Gasteiger partial charge in [-0.25, -0.2) is 0 Å². The number of furan rings is 1. The van der Waals surface area contributed by atoms with Gasteiger partial charge in [0.05, 0.1) is 25.3 Å². The van der Waals surface area contributed by atoms with E-state index in [2.05, 4.69) is 5.32 Å². The van der Waals surface area contributed by atoms with Gasteiger partial charge in [0.2, 0.25) is 0 Å². The Morgan fingerprint density at radius 1 is 1.44 bits per heavy atom. The third-order valence-electron chi connectivity index (χ3n) is 2.53. The van der Waals surface area contributed by atoms with Crippen molar-refractivity contribution in [3.8, 4) is 5.75 Å². The summed E-state index contributed by atoms with van der Waals surface area (Å²) in [6.07, 6.45) is 3.15. The van der Waals surface area contributed by atoms with Gasteiger partial charge in [-0.1, -0.05) is 0 Å². The second-order valence-electron chi connectivity index (χ2n) is 3.77. The van der Waals surface area contributed by atoms with E-state index in [4.69, 9.17) is 14.9 Å². The summed E-state index contributed by atoms with van der Waals surface area (Å²) in [6, 6.07) is 6.71. The first-order chi connectivity index (χ1) is 8.70. The van der Waals surface area contributed by atoms with Gasteiger partial charge in [-0.15, -0.1) is 0 Å². The molecule has 0 bridgehead atoms. The van der Waals surface area contributed by atoms with Gasteiger partial charge < -0.3 is 20.2 Å². The van der Waals surface area contributed by atoms with Crippen LogP contribution in [0, 0.1) is 0 Å². The standard InChI is InChI=1S/C13H14N2O3/c1-17-12-6-10(2-3-11(12)14)13(16)15-7-9-4-5-18-8-9/h2-6,8H,7,14H2,1H3,(H,15,16). The summed E-state index contributed by atoms with van der Waals surface area (Å²) in [4.78, 5) is 11.9. The number of hydrogen-bond donors (Lipinski definition) is 2. The molecule has 1 amide bonds. The van der Waals surface area contributed by atoms with Crippen LogP contribution in [0.5, 0.6) is 5.75 Å². The Hall–Kier alpha value is -2.43. The van der Waals surface area contributed by atoms with Crippen molar-refractivity contribution in [2.24, 2.45) is 0 Å². The Balaban J connectivity index is 2.04. The molecule has 0 aliphatic carbocycles. The zero-order valence-electron chi connectivity index (χ0n) is 9.97. The van der Waals surface area contributed by atoms with Gasteiger partial charge in [0.15, 0.2) is 0 Å². The highest BCUT2D eigenvalue weighted by atomic mass is 16.5. The van der Waals surface area contributed by atoms with Crippen LogP contribution in [0.2, 0.25) is 0 Å². The number of ether oxygens (including phenoxy) is 1. The predicted octanol–water partition coefficient (Wildman–Crippen LogP) is 1.80. The van der Waals surface area contributed by atoms with E-state index in [9.17, 15) is 4.79 Å². The van der Waals surface area contributed by atoms with Crippen LogP contribution in [-0.2, 0) is 6.54 Å². The van der Waals surface area contributed by atoms with Crippen molar-refractivity contribution in [2.75, 3.05) is 12.8 Å². The van der Waals surface area contributed by atoms with Crippen LogP contribution in [0.1, 0.15) is 15.9 Å². The number of carbonyl (C=O) groups excluding carboxylic acids is 1. The molecule has 0 fully saturated rings. The molecule has 5 nitrogen and oxygen atoms in total. The quantitative estimate of drug-likeness (QED) is 0.806. The molecular formula is C13H14N2O3. The average Bonchev–Trinajstić information content (AvgIpc) is 2.89. The summed E-state index contributed by atoms with van der Waals surface area (Å²) < 4.78 is 9.98. The minimum absolute atomic E-state index is 0.186. The second-order valence-corrected chi connectivity index (χ2v) is 3.77. The van der Waals surface area contributed by atoms with Crippen molar-refractivity contribution >= 4 is 11.6 Å². The lowest BCUT2D eigenvalue weighted by atomic mass is 10.1. The molecule has 0 spiro atoms. The SMILES string of the molecule is COc1cc(C(=O)NCc2ccoc2)ccc1N. The molecule has 1 heterocycles. The van der Waals surface area contributed by atoms with Crippen LogP contribution in [-0.4, -0.2) is 13.0 Å². The summed E-state index contributed by atoms with van der Waals surface area (Å²) in [5.41, 5.74) is 7.60. The molecule has 18 heavy (non-hydrogen) atoms. The number of amides is 1. The van der Waals surface area contributed by atoms with Crippen molar-refractivity contribution in [3.05, 3.63) is 47.9 Å². The summed E-state index contributed by atoms with van der Waals surface area (Å²) in [5.74, 6) is 0.306. The fourth-order valence-corrected chi connectivity index (χ4v) is 1.53. The summed E-state index contributed by atoms with van der Waals surface area (Å²) in [6.45, 7) is 0.419. The maximum absolute atomic E-state index is 11.9. The van der Waals surface area contributed by atoms with E-state index in [1.54, 1.807) is 36.8 Å². The first-order valence-electron chi connectivity index (χ1n) is 5.43. The van der Waals surface area contributed by atoms with Crippen molar-refractivity contribution in [1.82, 2.24) is 5.32 Å². The normalized spacial score (nSPS) is 10.1. The lowest BCUT2D eigenvalue weighted by Crippen LogP contribution is -2.22. The molecule has 94 valence electrons. The van der Waals surface area contributed by atoms with E-state index < -0.39 is 0 Å². The van der Waals surface area contributed by atoms with E-state index in [1.165, 1.54) is 7.11 Å². The highest BCUT2D eigenvalue weighted by molar-refractivity contribution is 5.95. The number of rotatable bonds is 4. The van der Waals surface area contributed by atoms with E-state index in [0.29, 0.717) is 23.5 Å². The molecular weight excluding hydrogens is 232 g/mol. The Morgan fingerprint density at radius 3 is 2.94 bits per heavy atom. The molecule has 3 N–H and O–H groups in total. The summed E-state index contributed by atoms with van der Waals surface area (Å²) in [7, 11) is 1.51. The molecule has 2 aromatic rings. The molecule has 5 heteroatoms. The van der Waals surface area contributed by atoms with Crippen LogP contribution in [0.15, 0.2) is 41.2 Å². The van der Waals surface area contributed by atoms with Gasteiger partial charge >= 0.3 is 0 Å². The third-order valence-corrected chi connectivity index (χ3v) is 2.53. The van der Waals surface area contributed by atoms with Crippen molar-refractivity contribution < 1.29 is 13.9 Å². The molecule has 0 radical (unpaired) electrons. The molecule has 0 aliphatic heterocycles. The van der Waals surface area contributed by atoms with Gasteiger partial charge in [-0.05, 0) is 24.3 Å². The number of benzene rings is 1. The van der Waals surface area contributed by atoms with Crippen molar-refractivity contribution in [1.29, 1.82) is 0 Å². The minimum atomic E-state index is -0.186. The van der Waals surface area contributed by atoms with Gasteiger partial charge in [0, 0.05) is 17.7 Å². The third kappa shape index (κ3) is 2.63. The summed E-state index contributed by atoms with van der Waals surface area (Å²) in [5, 5.41) is 2.78. The monoisotopic (exact) mass is 246 g/mol. The van der Waals surface area contributed by atoms with Crippen LogP contribution in [0.25, 0.3) is 0 Å². The minimum Gasteiger partial charge on any atom is -0.495 e. The van der Waals surface area contributed by atoms with Gasteiger partial charge in [0.1, 0.15) is 5.75 Å². The average molecular weight is 246 g/mol. The fourth-order valence-electron chi connectivity index (χ4n) is 1.53. The number of nitrogen functional groups attached to an aromatic ring is 1. The molecule has 2 rings (SSSR count). The molecule has 0 unspecified atom stereocenters. The van der Waals surface area contributed by atoms with Gasteiger partial charge in [-0.2, -0.15) is 0 Å². The largest absolute Gasteiger partial charge is 0.495 e. The Morgan fingerprint density at radius 2 is 2.28 bits per heavy atom. The molecule has 0 saturated heterocycles. The maximum atomic E-state index is 11.9. The topological polar surface area (TPSA) is 77.5 Å². The number of methoxy groups -OCH3 is 1. The first kappa shape index (κ1) is 12.0. The lowest BCUT2D eigenvalue weighted by Gasteiger charge is -2.07. The van der Waals surface area contributed by atoms with E-state index >= 15 is 0 Å². The first-order valence-corrected chi connectivity index (χ1v) is 5.43. The Labute approximate surface area is 105 Å². The number of hydrogen-bond acceptors (Lipinski definition) is 4. The fraction of sp³-hybridized carbons (Fsp3) is 0.154. The van der Waals surface area contributed by atoms with Crippen LogP contribution < -0.4 is 15.8 Å². The molecule has 0 aliphatic rings. The number of anilines is 1. The lowest BCUT2D eigenvalue weighted by molar-refractivity contribution is 0.0950. The van der Waals surface area contributed by atoms with Gasteiger partial charge in [-0.3, -0.25) is 4.79 Å². The maximum Gasteiger partial charge on any atom is 0.251 e. The van der Waals surface area contributed by atoms with Gasteiger partial charge in [0.25, 0.3) is 5.91 Å². The molecule has 1 aromatic carbocycles. The van der Waals surface area contributed by atoms with E-state index in [0.717, 1.165) is 5.56 Å². The zero-order valence-corrected chi connectivity index (χ0v) is 9.97. The van der Waals surface area contributed by atoms with Crippen molar-refractivity contribution in [2.45, 2.75) is 6.54 Å². The van der Waals surface area contributed by atoms with Crippen molar-refractivity contribution in [3.63, 3.8) is 0 Å². The number of nitrogens with two attached hydrogens (primary N) is 1. The van der Waals surface area contributed by atoms with E-state index in [-0.39, 0.29) is 5.91 Å². The Bertz CT molecular complexity index is 535. The van der Waals surface area contributed by atoms with E-state index in [1.807, 2.05) is 0 Å². The smallest absolute Gasteiger partial charge is 0.251 e. The molecule has 1 aromatic heterocycles. The predicted molar refractivity (Wildman–Crippen MR) is 67.3 cm³/mol. The Kier molecular flexibility index (Phi) is 3.52. The zero-order chi connectivity index (χ0) is 13.0. The van der Waals surface area contributed by atoms with Crippen LogP contribution >= 0.6 is 0 Å². The number of nitrogens with one attached hydrogen (secondary N) is 1. The summed E-state index contributed by atoms with van der Waals surface area (Å²) >= 11 is 0. The highest BCUT2D eigenvalue weighted by Crippen LogP contribution is 2.22. The van der Waals surface area contributed by atoms with Crippen LogP contribution in [0.3, 0.4) is 0 Å². The van der Waals surface area contributed by atoms with Crippen LogP contribution in [0.4, 0.5) is 5.69 Å². The molecule has 0 saturated carbocycles. The highest BCUT2D eigenvalue weighted by Gasteiger charge is 2.08. The molecule has 0 atom stereocenters.